The largest absolute Gasteiger partial charge is 0.440 e. The van der Waals surface area contributed by atoms with Crippen molar-refractivity contribution >= 4 is 28.6 Å². The highest BCUT2D eigenvalue weighted by molar-refractivity contribution is 6.00. The Hall–Kier alpha value is -4.37. The van der Waals surface area contributed by atoms with Crippen LogP contribution in [0, 0.1) is 11.9 Å². The van der Waals surface area contributed by atoms with E-state index in [1.165, 1.54) is 18.3 Å². The molecular weight excluding hydrogens is 485 g/mol. The Morgan fingerprint density at radius 2 is 1.95 bits per heavy atom. The Morgan fingerprint density at radius 1 is 1.16 bits per heavy atom. The van der Waals surface area contributed by atoms with E-state index in [-0.39, 0.29) is 11.8 Å². The molecule has 0 aliphatic rings. The maximum atomic E-state index is 14.1. The van der Waals surface area contributed by atoms with Gasteiger partial charge in [0.25, 0.3) is 0 Å². The molecule has 0 aliphatic heterocycles. The summed E-state index contributed by atoms with van der Waals surface area (Å²) >= 11 is 0. The monoisotopic (exact) mass is 515 g/mol. The highest BCUT2D eigenvalue weighted by Gasteiger charge is 2.25. The van der Waals surface area contributed by atoms with Crippen molar-refractivity contribution in [3.8, 4) is 22.3 Å². The average molecular weight is 516 g/mol. The average Bonchev–Trinajstić information content (AvgIpc) is 3.31. The summed E-state index contributed by atoms with van der Waals surface area (Å²) in [5.74, 6) is -1.46. The second-order valence-electron chi connectivity index (χ2n) is 9.13. The molecule has 0 aliphatic carbocycles. The van der Waals surface area contributed by atoms with Crippen LogP contribution in [0.25, 0.3) is 33.3 Å². The zero-order valence-corrected chi connectivity index (χ0v) is 21.5. The number of anilines is 1. The number of aromatic nitrogens is 3. The van der Waals surface area contributed by atoms with E-state index in [1.54, 1.807) is 36.0 Å². The van der Waals surface area contributed by atoms with Gasteiger partial charge in [0.2, 0.25) is 11.9 Å². The molecule has 1 amide bonds. The molecule has 0 saturated heterocycles. The molecule has 3 unspecified atom stereocenters. The highest BCUT2D eigenvalue weighted by atomic mass is 19.1. The van der Waals surface area contributed by atoms with E-state index in [2.05, 4.69) is 21.9 Å². The lowest BCUT2D eigenvalue weighted by atomic mass is 10.0. The van der Waals surface area contributed by atoms with Gasteiger partial charge in [0.05, 0.1) is 0 Å². The number of nitrogens with one attached hydrogen (secondary N) is 1. The van der Waals surface area contributed by atoms with Crippen molar-refractivity contribution in [1.29, 1.82) is 0 Å². The summed E-state index contributed by atoms with van der Waals surface area (Å²) in [5.41, 5.74) is 10.1. The molecule has 4 aromatic rings. The number of ether oxygens (including phenoxy) is 1. The van der Waals surface area contributed by atoms with Crippen LogP contribution >= 0.6 is 0 Å². The van der Waals surface area contributed by atoms with E-state index in [9.17, 15) is 14.0 Å². The van der Waals surface area contributed by atoms with Gasteiger partial charge in [-0.15, -0.1) is 0 Å². The molecule has 0 saturated carbocycles. The molecule has 4 rings (SSSR count). The van der Waals surface area contributed by atoms with Crippen LogP contribution in [0.1, 0.15) is 33.4 Å². The number of carbonyl (C=O) groups excluding carboxylic acids is 2. The van der Waals surface area contributed by atoms with Crippen LogP contribution in [0.5, 0.6) is 0 Å². The van der Waals surface area contributed by atoms with Gasteiger partial charge in [-0.2, -0.15) is 4.39 Å². The number of esters is 1. The lowest BCUT2D eigenvalue weighted by Gasteiger charge is -2.21. The number of fused-ring (bicyclic) bond motifs is 1. The van der Waals surface area contributed by atoms with Crippen molar-refractivity contribution < 1.29 is 18.7 Å². The van der Waals surface area contributed by atoms with Crippen molar-refractivity contribution in [3.05, 3.63) is 79.7 Å². The predicted molar refractivity (Wildman–Crippen MR) is 145 cm³/mol. The highest BCUT2D eigenvalue weighted by Crippen LogP contribution is 2.35. The van der Waals surface area contributed by atoms with Crippen LogP contribution in [0.2, 0.25) is 0 Å². The minimum atomic E-state index is -0.744. The lowest BCUT2D eigenvalue weighted by molar-refractivity contribution is -0.155. The summed E-state index contributed by atoms with van der Waals surface area (Å²) in [6.07, 6.45) is 6.11. The molecule has 0 bridgehead atoms. The van der Waals surface area contributed by atoms with Crippen molar-refractivity contribution in [2.45, 2.75) is 39.5 Å². The summed E-state index contributed by atoms with van der Waals surface area (Å²) in [4.78, 5) is 32.8. The van der Waals surface area contributed by atoms with Crippen molar-refractivity contribution in [3.63, 3.8) is 0 Å². The molecule has 1 aromatic carbocycles. The van der Waals surface area contributed by atoms with Crippen LogP contribution in [-0.2, 0) is 14.3 Å². The van der Waals surface area contributed by atoms with Gasteiger partial charge in [0.1, 0.15) is 11.7 Å². The third-order valence-corrected chi connectivity index (χ3v) is 6.56. The fourth-order valence-corrected chi connectivity index (χ4v) is 4.13. The van der Waals surface area contributed by atoms with Gasteiger partial charge in [0, 0.05) is 46.9 Å². The Bertz CT molecular complexity index is 1500. The molecular formula is C29H30FN5O3. The lowest BCUT2D eigenvalue weighted by Crippen LogP contribution is -2.38. The summed E-state index contributed by atoms with van der Waals surface area (Å²) in [7, 11) is 0. The van der Waals surface area contributed by atoms with E-state index >= 15 is 0 Å². The minimum Gasteiger partial charge on any atom is -0.440 e. The summed E-state index contributed by atoms with van der Waals surface area (Å²) < 4.78 is 21.5. The molecule has 3 heterocycles. The number of pyridine rings is 2. The van der Waals surface area contributed by atoms with Gasteiger partial charge in [-0.1, -0.05) is 39.0 Å². The molecule has 0 spiro atoms. The van der Waals surface area contributed by atoms with Gasteiger partial charge in [-0.25, -0.2) is 9.97 Å². The smallest absolute Gasteiger partial charge is 0.325 e. The SMILES string of the molecule is C=CC(=O)Nc1cccc(-c2cnc3c(c2)c(-c2ccnc(F)c2)cn3C(C)OC(=O)C(N)C(C)CC)c1. The van der Waals surface area contributed by atoms with Gasteiger partial charge in [-0.3, -0.25) is 14.2 Å². The number of benzene rings is 1. The zero-order chi connectivity index (χ0) is 27.4. The van der Waals surface area contributed by atoms with Crippen molar-refractivity contribution in [1.82, 2.24) is 14.5 Å². The number of hydrogen-bond donors (Lipinski definition) is 2. The maximum absolute atomic E-state index is 14.1. The van der Waals surface area contributed by atoms with Gasteiger partial charge in [0.15, 0.2) is 6.23 Å². The van der Waals surface area contributed by atoms with Gasteiger partial charge < -0.3 is 15.8 Å². The van der Waals surface area contributed by atoms with Crippen molar-refractivity contribution in [2.24, 2.45) is 11.7 Å². The zero-order valence-electron chi connectivity index (χ0n) is 21.5. The van der Waals surface area contributed by atoms with E-state index < -0.39 is 24.2 Å². The summed E-state index contributed by atoms with van der Waals surface area (Å²) in [6, 6.07) is 11.6. The molecule has 196 valence electrons. The molecule has 3 N–H and O–H groups in total. The van der Waals surface area contributed by atoms with Crippen LogP contribution in [0.3, 0.4) is 0 Å². The fourth-order valence-electron chi connectivity index (χ4n) is 4.13. The molecule has 9 heteroatoms. The van der Waals surface area contributed by atoms with Gasteiger partial charge >= 0.3 is 5.97 Å². The fraction of sp³-hybridized carbons (Fsp3) is 0.241. The van der Waals surface area contributed by atoms with Gasteiger partial charge in [-0.05, 0) is 54.3 Å². The third-order valence-electron chi connectivity index (χ3n) is 6.56. The molecule has 0 fully saturated rings. The standard InChI is InChI=1S/C29H30FN5O3/c1-5-17(3)27(31)29(37)38-18(4)35-16-24(20-10-11-32-25(30)14-20)23-13-21(15-33-28(23)35)19-8-7-9-22(12-19)34-26(36)6-2/h6-18,27H,2,5,31H2,1,3-4H3,(H,34,36). The topological polar surface area (TPSA) is 112 Å². The first kappa shape index (κ1) is 26.7. The second kappa shape index (κ2) is 11.4. The van der Waals surface area contributed by atoms with Crippen LogP contribution in [0.15, 0.2) is 73.7 Å². The first-order valence-corrected chi connectivity index (χ1v) is 12.3. The molecule has 0 radical (unpaired) electrons. The van der Waals surface area contributed by atoms with Crippen molar-refractivity contribution in [2.75, 3.05) is 5.32 Å². The van der Waals surface area contributed by atoms with Crippen LogP contribution in [-0.4, -0.2) is 32.5 Å². The molecule has 38 heavy (non-hydrogen) atoms. The maximum Gasteiger partial charge on any atom is 0.325 e. The second-order valence-corrected chi connectivity index (χ2v) is 9.13. The molecule has 3 atom stereocenters. The Morgan fingerprint density at radius 3 is 2.66 bits per heavy atom. The number of carbonyl (C=O) groups is 2. The molecule has 3 aromatic heterocycles. The third kappa shape index (κ3) is 5.63. The van der Waals surface area contributed by atoms with Crippen LogP contribution < -0.4 is 11.1 Å². The van der Waals surface area contributed by atoms with Crippen LogP contribution in [0.4, 0.5) is 10.1 Å². The van der Waals surface area contributed by atoms with E-state index in [0.717, 1.165) is 22.9 Å². The Balaban J connectivity index is 1.78. The number of nitrogens with two attached hydrogens (primary N) is 1. The Kier molecular flexibility index (Phi) is 7.97. The van der Waals surface area contributed by atoms with E-state index in [4.69, 9.17) is 10.5 Å². The number of hydrogen-bond acceptors (Lipinski definition) is 6. The number of halogens is 1. The normalized spacial score (nSPS) is 13.5. The summed E-state index contributed by atoms with van der Waals surface area (Å²) in [5, 5.41) is 3.48. The molecule has 8 nitrogen and oxygen atoms in total. The first-order valence-electron chi connectivity index (χ1n) is 12.3. The van der Waals surface area contributed by atoms with E-state index in [0.29, 0.717) is 22.5 Å². The minimum absolute atomic E-state index is 0.0285. The summed E-state index contributed by atoms with van der Waals surface area (Å²) in [6.45, 7) is 9.08. The predicted octanol–water partition coefficient (Wildman–Crippen LogP) is 5.46. The number of amides is 1. The number of nitrogens with zero attached hydrogens (tertiary/aromatic N) is 3. The number of rotatable bonds is 9. The Labute approximate surface area is 220 Å². The quantitative estimate of drug-likeness (QED) is 0.174. The van der Waals surface area contributed by atoms with E-state index in [1.807, 2.05) is 38.1 Å². The first-order chi connectivity index (χ1) is 18.2.